The van der Waals surface area contributed by atoms with Gasteiger partial charge in [0.25, 0.3) is 0 Å². The van der Waals surface area contributed by atoms with Crippen molar-refractivity contribution in [2.75, 3.05) is 5.75 Å². The molecule has 0 aliphatic rings. The summed E-state index contributed by atoms with van der Waals surface area (Å²) < 4.78 is 1.07. The Hall–Kier alpha value is -0.840. The topological polar surface area (TPSA) is 33.1 Å². The van der Waals surface area contributed by atoms with Gasteiger partial charge in [0.1, 0.15) is 0 Å². The molecule has 1 aromatic carbocycles. The zero-order valence-electron chi connectivity index (χ0n) is 10.0. The third kappa shape index (κ3) is 3.57. The van der Waals surface area contributed by atoms with Crippen LogP contribution in [0.1, 0.15) is 17.2 Å². The van der Waals surface area contributed by atoms with Crippen LogP contribution in [0.15, 0.2) is 52.1 Å². The monoisotopic (exact) mass is 323 g/mol. The molecule has 2 aromatic rings. The van der Waals surface area contributed by atoms with Crippen molar-refractivity contribution in [3.8, 4) is 0 Å². The Bertz CT molecular complexity index is 515. The second kappa shape index (κ2) is 6.36. The Kier molecular flexibility index (Phi) is 4.80. The highest BCUT2D eigenvalue weighted by molar-refractivity contribution is 9.10. The van der Waals surface area contributed by atoms with Gasteiger partial charge in [0.15, 0.2) is 0 Å². The Morgan fingerprint density at radius 2 is 2.00 bits per heavy atom. The van der Waals surface area contributed by atoms with Gasteiger partial charge in [-0.3, -0.25) is 4.98 Å². The van der Waals surface area contributed by atoms with Crippen LogP contribution in [0, 0.1) is 6.92 Å². The summed E-state index contributed by atoms with van der Waals surface area (Å²) in [7, 11) is 0. The number of halogens is 1. The van der Waals surface area contributed by atoms with Crippen LogP contribution in [0.2, 0.25) is 0 Å². The van der Waals surface area contributed by atoms with Crippen molar-refractivity contribution in [1.29, 1.82) is 0 Å². The van der Waals surface area contributed by atoms with E-state index in [1.165, 1.54) is 0 Å². The number of pyridine rings is 1. The predicted molar refractivity (Wildman–Crippen MR) is 78.8 cm³/mol. The van der Waals surface area contributed by atoms with E-state index in [4.69, 9.17) is 0 Å². The van der Waals surface area contributed by atoms with Crippen LogP contribution in [0.5, 0.6) is 0 Å². The minimum Gasteiger partial charge on any atom is -0.387 e. The normalized spacial score (nSPS) is 12.4. The highest BCUT2D eigenvalue weighted by Crippen LogP contribution is 2.26. The molecule has 0 saturated heterocycles. The van der Waals surface area contributed by atoms with Crippen LogP contribution in [0.3, 0.4) is 0 Å². The van der Waals surface area contributed by atoms with Crippen molar-refractivity contribution >= 4 is 27.7 Å². The molecule has 4 heteroatoms. The Morgan fingerprint density at radius 1 is 1.28 bits per heavy atom. The van der Waals surface area contributed by atoms with Crippen LogP contribution in [-0.4, -0.2) is 15.8 Å². The lowest BCUT2D eigenvalue weighted by atomic mass is 10.1. The molecule has 0 bridgehead atoms. The van der Waals surface area contributed by atoms with Gasteiger partial charge in [0.2, 0.25) is 0 Å². The number of aromatic nitrogens is 1. The number of rotatable bonds is 4. The summed E-state index contributed by atoms with van der Waals surface area (Å²) in [6.07, 6.45) is 3.00. The molecule has 1 heterocycles. The second-order valence-corrected chi connectivity index (χ2v) is 6.02. The van der Waals surface area contributed by atoms with Crippen molar-refractivity contribution < 1.29 is 5.11 Å². The fourth-order valence-corrected chi connectivity index (χ4v) is 2.74. The number of aryl methyl sites for hydroxylation is 1. The van der Waals surface area contributed by atoms with Crippen molar-refractivity contribution in [3.05, 3.63) is 58.3 Å². The minimum atomic E-state index is -0.479. The zero-order chi connectivity index (χ0) is 13.0. The lowest BCUT2D eigenvalue weighted by Gasteiger charge is -2.12. The van der Waals surface area contributed by atoms with E-state index >= 15 is 0 Å². The van der Waals surface area contributed by atoms with E-state index in [0.717, 1.165) is 20.5 Å². The number of aliphatic hydroxyl groups is 1. The SMILES string of the molecule is Cc1ccncc1C(O)CSc1ccc(Br)cc1. The van der Waals surface area contributed by atoms with E-state index in [1.807, 2.05) is 37.3 Å². The molecule has 0 radical (unpaired) electrons. The minimum absolute atomic E-state index is 0.479. The first-order valence-corrected chi connectivity index (χ1v) is 7.41. The van der Waals surface area contributed by atoms with E-state index in [1.54, 1.807) is 24.2 Å². The number of hydrogen-bond donors (Lipinski definition) is 1. The van der Waals surface area contributed by atoms with Gasteiger partial charge in [0, 0.05) is 33.1 Å². The lowest BCUT2D eigenvalue weighted by Crippen LogP contribution is -2.03. The van der Waals surface area contributed by atoms with E-state index in [-0.39, 0.29) is 0 Å². The number of aliphatic hydroxyl groups excluding tert-OH is 1. The molecule has 0 fully saturated rings. The molecule has 0 amide bonds. The van der Waals surface area contributed by atoms with Crippen molar-refractivity contribution in [1.82, 2.24) is 4.98 Å². The van der Waals surface area contributed by atoms with E-state index in [2.05, 4.69) is 20.9 Å². The standard InChI is InChI=1S/C14H14BrNOS/c1-10-6-7-16-8-13(10)14(17)9-18-12-4-2-11(15)3-5-12/h2-8,14,17H,9H2,1H3. The molecule has 18 heavy (non-hydrogen) atoms. The van der Waals surface area contributed by atoms with Crippen LogP contribution in [-0.2, 0) is 0 Å². The van der Waals surface area contributed by atoms with Gasteiger partial charge < -0.3 is 5.11 Å². The molecule has 1 atom stereocenters. The average Bonchev–Trinajstić information content (AvgIpc) is 2.38. The smallest absolute Gasteiger partial charge is 0.0901 e. The van der Waals surface area contributed by atoms with Crippen LogP contribution < -0.4 is 0 Å². The molecule has 2 nitrogen and oxygen atoms in total. The van der Waals surface area contributed by atoms with Crippen LogP contribution >= 0.6 is 27.7 Å². The summed E-state index contributed by atoms with van der Waals surface area (Å²) in [5.74, 6) is 0.633. The summed E-state index contributed by atoms with van der Waals surface area (Å²) in [5, 5.41) is 10.1. The van der Waals surface area contributed by atoms with E-state index in [9.17, 15) is 5.11 Å². The quantitative estimate of drug-likeness (QED) is 0.864. The third-order valence-electron chi connectivity index (χ3n) is 2.66. The van der Waals surface area contributed by atoms with Crippen molar-refractivity contribution in [2.24, 2.45) is 0 Å². The third-order valence-corrected chi connectivity index (χ3v) is 4.28. The van der Waals surface area contributed by atoms with Gasteiger partial charge in [-0.1, -0.05) is 15.9 Å². The Balaban J connectivity index is 1.98. The Morgan fingerprint density at radius 3 is 2.67 bits per heavy atom. The first kappa shape index (κ1) is 13.6. The van der Waals surface area contributed by atoms with Gasteiger partial charge >= 0.3 is 0 Å². The fourth-order valence-electron chi connectivity index (χ4n) is 1.62. The van der Waals surface area contributed by atoms with Crippen LogP contribution in [0.4, 0.5) is 0 Å². The Labute approximate surface area is 120 Å². The summed E-state index contributed by atoms with van der Waals surface area (Å²) in [4.78, 5) is 5.21. The van der Waals surface area contributed by atoms with Gasteiger partial charge in [0.05, 0.1) is 6.10 Å². The second-order valence-electron chi connectivity index (χ2n) is 4.01. The van der Waals surface area contributed by atoms with E-state index in [0.29, 0.717) is 5.75 Å². The van der Waals surface area contributed by atoms with Gasteiger partial charge in [-0.15, -0.1) is 11.8 Å². The van der Waals surface area contributed by atoms with Crippen LogP contribution in [0.25, 0.3) is 0 Å². The maximum Gasteiger partial charge on any atom is 0.0901 e. The first-order valence-electron chi connectivity index (χ1n) is 5.64. The molecule has 0 aliphatic heterocycles. The summed E-state index contributed by atoms with van der Waals surface area (Å²) in [5.41, 5.74) is 1.98. The first-order chi connectivity index (χ1) is 8.66. The number of hydrogen-bond acceptors (Lipinski definition) is 3. The van der Waals surface area contributed by atoms with Gasteiger partial charge in [-0.2, -0.15) is 0 Å². The summed E-state index contributed by atoms with van der Waals surface area (Å²) >= 11 is 5.05. The van der Waals surface area contributed by atoms with Gasteiger partial charge in [-0.05, 0) is 42.8 Å². The molecular formula is C14H14BrNOS. The molecular weight excluding hydrogens is 310 g/mol. The molecule has 1 N–H and O–H groups in total. The molecule has 0 spiro atoms. The highest BCUT2D eigenvalue weighted by atomic mass is 79.9. The molecule has 94 valence electrons. The fraction of sp³-hybridized carbons (Fsp3) is 0.214. The molecule has 2 rings (SSSR count). The molecule has 1 unspecified atom stereocenters. The number of benzene rings is 1. The van der Waals surface area contributed by atoms with Gasteiger partial charge in [-0.25, -0.2) is 0 Å². The predicted octanol–water partition coefficient (Wildman–Crippen LogP) is 3.98. The van der Waals surface area contributed by atoms with Crippen molar-refractivity contribution in [2.45, 2.75) is 17.9 Å². The number of thioether (sulfide) groups is 1. The average molecular weight is 324 g/mol. The lowest BCUT2D eigenvalue weighted by molar-refractivity contribution is 0.203. The maximum atomic E-state index is 10.1. The molecule has 0 saturated carbocycles. The summed E-state index contributed by atoms with van der Waals surface area (Å²) in [6.45, 7) is 1.99. The molecule has 1 aromatic heterocycles. The van der Waals surface area contributed by atoms with Crippen molar-refractivity contribution in [3.63, 3.8) is 0 Å². The summed E-state index contributed by atoms with van der Waals surface area (Å²) in [6, 6.07) is 10.0. The van der Waals surface area contributed by atoms with E-state index < -0.39 is 6.10 Å². The zero-order valence-corrected chi connectivity index (χ0v) is 12.4. The number of nitrogens with zero attached hydrogens (tertiary/aromatic N) is 1. The maximum absolute atomic E-state index is 10.1. The largest absolute Gasteiger partial charge is 0.387 e. The highest BCUT2D eigenvalue weighted by Gasteiger charge is 2.10. The molecule has 0 aliphatic carbocycles.